The summed E-state index contributed by atoms with van der Waals surface area (Å²) in [5.41, 5.74) is 32.2. The topological polar surface area (TPSA) is 23.0 Å². The van der Waals surface area contributed by atoms with Gasteiger partial charge in [-0.2, -0.15) is 0 Å². The molecule has 108 heavy (non-hydrogen) atoms. The van der Waals surface area contributed by atoms with Crippen LogP contribution in [0, 0.1) is 47.3 Å². The highest BCUT2D eigenvalue weighted by molar-refractivity contribution is 7.26. The van der Waals surface area contributed by atoms with E-state index in [1.165, 1.54) is 206 Å². The number of hydrogen-bond acceptors (Lipinski definition) is 2. The van der Waals surface area contributed by atoms with Gasteiger partial charge in [0.15, 0.2) is 0 Å². The Bertz CT molecular complexity index is 6810. The van der Waals surface area contributed by atoms with Crippen LogP contribution in [0.25, 0.3) is 164 Å². The Morgan fingerprint density at radius 1 is 0.259 bits per heavy atom. The van der Waals surface area contributed by atoms with E-state index in [4.69, 9.17) is 4.42 Å². The summed E-state index contributed by atoms with van der Waals surface area (Å²) in [6.45, 7) is 0. The first kappa shape index (κ1) is 60.8. The smallest absolute Gasteiger partial charge is 0.136 e. The largest absolute Gasteiger partial charge is 0.456 e. The van der Waals surface area contributed by atoms with Gasteiger partial charge in [-0.15, -0.1) is 11.3 Å². The van der Waals surface area contributed by atoms with Crippen molar-refractivity contribution in [1.29, 1.82) is 0 Å². The van der Waals surface area contributed by atoms with Crippen molar-refractivity contribution < 1.29 is 4.42 Å². The quantitative estimate of drug-likeness (QED) is 0.163. The fourth-order valence-corrected chi connectivity index (χ4v) is 26.4. The van der Waals surface area contributed by atoms with Crippen molar-refractivity contribution in [1.82, 2.24) is 9.13 Å². The van der Waals surface area contributed by atoms with Gasteiger partial charge >= 0.3 is 0 Å². The summed E-state index contributed by atoms with van der Waals surface area (Å²) in [4.78, 5) is 0. The molecule has 8 bridgehead atoms. The minimum absolute atomic E-state index is 0.212. The minimum Gasteiger partial charge on any atom is -0.456 e. The van der Waals surface area contributed by atoms with E-state index in [-0.39, 0.29) is 10.8 Å². The average molecular weight is 1400 g/mol. The highest BCUT2D eigenvalue weighted by Crippen LogP contribution is 2.71. The van der Waals surface area contributed by atoms with Gasteiger partial charge in [0, 0.05) is 74.7 Å². The lowest BCUT2D eigenvalue weighted by atomic mass is 9.43. The third kappa shape index (κ3) is 8.40. The number of fused-ring (bicyclic) bond motifs is 18. The number of para-hydroxylation sites is 3. The second-order valence-corrected chi connectivity index (χ2v) is 34.8. The molecular weight excluding hydrogens is 1330 g/mol. The molecule has 18 aromatic rings. The van der Waals surface area contributed by atoms with E-state index in [0.29, 0.717) is 0 Å². The molecule has 0 aliphatic heterocycles. The number of nitrogens with zero attached hydrogens (tertiary/aromatic N) is 2. The van der Waals surface area contributed by atoms with Crippen LogP contribution in [-0.4, -0.2) is 9.13 Å². The predicted molar refractivity (Wildman–Crippen MR) is 450 cm³/mol. The summed E-state index contributed by atoms with van der Waals surface area (Å²) < 4.78 is 13.8. The summed E-state index contributed by atoms with van der Waals surface area (Å²) in [5, 5.41) is 10.2. The first-order chi connectivity index (χ1) is 53.4. The molecule has 0 unspecified atom stereocenters. The number of furan rings is 1. The standard InChI is InChI=1S/C52H39NO.C52H39NS/c1-4-12-45-40(8-1)43-29-34(18-22-46(43)52(45)36-25-31-24-32(27-36)28-37(52)26-31)35-19-23-48-44(30-35)41-9-2-5-13-47(41)53(48)38-20-16-33(17-21-38)39-11-7-15-50-51(39)42-10-3-6-14-49(42)54-50;1-4-16-46-40(11-1)44-29-33(19-21-47(44)52(46)36-24-31-23-32(26-36)27-37(52)25-31)34-20-22-49-45(30-34)41-12-2-5-17-48(41)53(49)38-10-7-9-35(28-38)39-14-8-15-43-42-13-3-6-18-50(42)54-51(39)43/h1-23,29-32,36-37H,24-28H2;1-22,28-32,36-37H,23-27H2. The number of thiophene rings is 1. The van der Waals surface area contributed by atoms with Gasteiger partial charge in [-0.25, -0.2) is 0 Å². The van der Waals surface area contributed by atoms with E-state index in [9.17, 15) is 0 Å². The number of hydrogen-bond donors (Lipinski definition) is 0. The van der Waals surface area contributed by atoms with Crippen LogP contribution >= 0.6 is 11.3 Å². The number of rotatable bonds is 6. The van der Waals surface area contributed by atoms with Gasteiger partial charge in [0.1, 0.15) is 11.2 Å². The molecule has 8 fully saturated rings. The van der Waals surface area contributed by atoms with E-state index in [1.54, 1.807) is 22.3 Å². The summed E-state index contributed by atoms with van der Waals surface area (Å²) in [6.07, 6.45) is 14.4. The Morgan fingerprint density at radius 2 is 0.685 bits per heavy atom. The monoisotopic (exact) mass is 1400 g/mol. The number of aromatic nitrogens is 2. The van der Waals surface area contributed by atoms with Crippen LogP contribution in [0.3, 0.4) is 0 Å². The molecule has 0 atom stereocenters. The summed E-state index contributed by atoms with van der Waals surface area (Å²) >= 11 is 1.90. The van der Waals surface area contributed by atoms with Gasteiger partial charge in [0.25, 0.3) is 0 Å². The van der Waals surface area contributed by atoms with Gasteiger partial charge in [0.2, 0.25) is 0 Å². The lowest BCUT2D eigenvalue weighted by Gasteiger charge is -2.61. The lowest BCUT2D eigenvalue weighted by molar-refractivity contribution is -0.0399. The number of benzene rings is 14. The maximum absolute atomic E-state index is 6.22. The molecule has 3 nitrogen and oxygen atoms in total. The molecule has 516 valence electrons. The van der Waals surface area contributed by atoms with Gasteiger partial charge in [0.05, 0.1) is 22.1 Å². The summed E-state index contributed by atoms with van der Waals surface area (Å²) in [5.74, 6) is 7.00. The van der Waals surface area contributed by atoms with E-state index in [1.807, 2.05) is 17.4 Å². The second-order valence-electron chi connectivity index (χ2n) is 33.8. The summed E-state index contributed by atoms with van der Waals surface area (Å²) in [7, 11) is 0. The van der Waals surface area contributed by atoms with Crippen molar-refractivity contribution in [3.63, 3.8) is 0 Å². The molecular formula is C104H78N2OS. The molecule has 28 rings (SSSR count). The van der Waals surface area contributed by atoms with E-state index in [2.05, 4.69) is 306 Å². The van der Waals surface area contributed by atoms with E-state index in [0.717, 1.165) is 69.6 Å². The molecule has 10 aliphatic carbocycles. The first-order valence-corrected chi connectivity index (χ1v) is 40.8. The van der Waals surface area contributed by atoms with E-state index < -0.39 is 0 Å². The zero-order chi connectivity index (χ0) is 70.2. The van der Waals surface area contributed by atoms with Crippen molar-refractivity contribution in [2.24, 2.45) is 47.3 Å². The Hall–Kier alpha value is -11.3. The molecule has 14 aromatic carbocycles. The first-order valence-electron chi connectivity index (χ1n) is 40.0. The van der Waals surface area contributed by atoms with Gasteiger partial charge in [-0.3, -0.25) is 0 Å². The highest BCUT2D eigenvalue weighted by Gasteiger charge is 2.63. The van der Waals surface area contributed by atoms with Crippen LogP contribution in [0.2, 0.25) is 0 Å². The molecule has 8 saturated carbocycles. The van der Waals surface area contributed by atoms with Gasteiger partial charge in [-0.1, -0.05) is 212 Å². The highest BCUT2D eigenvalue weighted by atomic mass is 32.1. The Labute approximate surface area is 632 Å². The second kappa shape index (κ2) is 22.6. The van der Waals surface area contributed by atoms with Crippen molar-refractivity contribution in [3.8, 4) is 78.1 Å². The molecule has 4 heteroatoms. The van der Waals surface area contributed by atoms with Gasteiger partial charge in [-0.05, 0) is 292 Å². The molecule has 0 radical (unpaired) electrons. The third-order valence-electron chi connectivity index (χ3n) is 28.8. The zero-order valence-corrected chi connectivity index (χ0v) is 61.1. The lowest BCUT2D eigenvalue weighted by Crippen LogP contribution is -2.55. The Morgan fingerprint density at radius 3 is 1.29 bits per heavy atom. The zero-order valence-electron chi connectivity index (χ0n) is 60.3. The van der Waals surface area contributed by atoms with Crippen LogP contribution in [-0.2, 0) is 10.8 Å². The fourth-order valence-electron chi connectivity index (χ4n) is 25.1. The molecule has 2 spiro atoms. The predicted octanol–water partition coefficient (Wildman–Crippen LogP) is 27.9. The fraction of sp³-hybridized carbons (Fsp3) is 0.192. The van der Waals surface area contributed by atoms with E-state index >= 15 is 0 Å². The van der Waals surface area contributed by atoms with Crippen LogP contribution in [0.1, 0.15) is 86.5 Å². The normalized spacial score (nSPS) is 23.6. The van der Waals surface area contributed by atoms with Crippen LogP contribution in [0.5, 0.6) is 0 Å². The maximum Gasteiger partial charge on any atom is 0.136 e. The van der Waals surface area contributed by atoms with Crippen molar-refractivity contribution >= 4 is 97.1 Å². The Balaban J connectivity index is 0.000000124. The summed E-state index contributed by atoms with van der Waals surface area (Å²) in [6, 6.07) is 115. The van der Waals surface area contributed by atoms with Gasteiger partial charge < -0.3 is 13.6 Å². The molecule has 0 saturated heterocycles. The van der Waals surface area contributed by atoms with Crippen LogP contribution in [0.15, 0.2) is 308 Å². The minimum atomic E-state index is 0.212. The van der Waals surface area contributed by atoms with Crippen molar-refractivity contribution in [2.75, 3.05) is 0 Å². The molecule has 0 N–H and O–H groups in total. The molecule has 4 aromatic heterocycles. The SMILES string of the molecule is c1cc(-c2cccc3c2sc2ccccc23)cc(-n2c3ccccc3c3cc(-c4ccc5c(c4)-c4ccccc4C54C5CC6CC(C5)CC4C6)ccc32)c1.c1ccc2c(c1)-c1cc(-c3ccc4c(c3)c3ccccc3n4-c3ccc(-c4cccc5oc6ccccc6c45)cc3)ccc1C21C2CC3CC(C2)CC1C3. The third-order valence-corrected chi connectivity index (χ3v) is 30.0. The van der Waals surface area contributed by atoms with Crippen LogP contribution in [0.4, 0.5) is 0 Å². The van der Waals surface area contributed by atoms with Crippen LogP contribution < -0.4 is 0 Å². The van der Waals surface area contributed by atoms with Crippen molar-refractivity contribution in [2.45, 2.75) is 75.0 Å². The molecule has 4 heterocycles. The average Bonchev–Trinajstić information content (AvgIpc) is 1.49. The van der Waals surface area contributed by atoms with Crippen molar-refractivity contribution in [3.05, 3.63) is 326 Å². The maximum atomic E-state index is 6.22. The Kier molecular flexibility index (Phi) is 12.7. The molecule has 0 amide bonds. The molecule has 10 aliphatic rings.